The lowest BCUT2D eigenvalue weighted by molar-refractivity contribution is 0.480. The minimum atomic E-state index is 0.921. The smallest absolute Gasteiger partial charge is 0.0208 e. The number of hydrogen-bond donors (Lipinski definition) is 0. The minimum Gasteiger partial charge on any atom is -0.0884 e. The van der Waals surface area contributed by atoms with E-state index in [1.807, 2.05) is 0 Å². The van der Waals surface area contributed by atoms with Crippen molar-refractivity contribution < 1.29 is 0 Å². The summed E-state index contributed by atoms with van der Waals surface area (Å²) in [6, 6.07) is 0. The van der Waals surface area contributed by atoms with Crippen LogP contribution in [0, 0.1) is 11.8 Å². The Kier molecular flexibility index (Phi) is 1.14. The van der Waals surface area contributed by atoms with Crippen LogP contribution in [0.4, 0.5) is 0 Å². The van der Waals surface area contributed by atoms with Crippen molar-refractivity contribution >= 4 is 15.9 Å². The first kappa shape index (κ1) is 5.28. The lowest BCUT2D eigenvalue weighted by atomic mass is 10.0. The van der Waals surface area contributed by atoms with Crippen molar-refractivity contribution in [2.24, 2.45) is 11.8 Å². The molecule has 0 unspecified atom stereocenters. The number of halogens is 1. The Balaban J connectivity index is 1.97. The van der Waals surface area contributed by atoms with Crippen molar-refractivity contribution in [2.45, 2.75) is 30.5 Å². The fraction of sp³-hybridized carbons (Fsp3) is 1.00. The fourth-order valence-electron chi connectivity index (χ4n) is 1.90. The third kappa shape index (κ3) is 0.637. The van der Waals surface area contributed by atoms with Gasteiger partial charge in [0, 0.05) is 4.83 Å². The molecule has 0 aliphatic heterocycles. The molecule has 0 saturated heterocycles. The summed E-state index contributed by atoms with van der Waals surface area (Å²) in [5.74, 6) is 2.17. The largest absolute Gasteiger partial charge is 0.0884 e. The summed E-state index contributed by atoms with van der Waals surface area (Å²) in [6.45, 7) is 0. The molecule has 0 bridgehead atoms. The number of fused-ring (bicyclic) bond motifs is 1. The van der Waals surface area contributed by atoms with E-state index in [4.69, 9.17) is 0 Å². The molecule has 2 fully saturated rings. The summed E-state index contributed by atoms with van der Waals surface area (Å²) >= 11 is 3.68. The monoisotopic (exact) mass is 174 g/mol. The Hall–Kier alpha value is 0.480. The predicted octanol–water partition coefficient (Wildman–Crippen LogP) is 2.57. The third-order valence-corrected chi connectivity index (χ3v) is 3.91. The minimum absolute atomic E-state index is 0.921. The summed E-state index contributed by atoms with van der Waals surface area (Å²) in [7, 11) is 0. The lowest BCUT2D eigenvalue weighted by Crippen LogP contribution is -1.91. The van der Waals surface area contributed by atoms with Gasteiger partial charge < -0.3 is 0 Å². The van der Waals surface area contributed by atoms with Crippen LogP contribution in [0.25, 0.3) is 0 Å². The maximum absolute atomic E-state index is 3.68. The summed E-state index contributed by atoms with van der Waals surface area (Å²) in [5.41, 5.74) is 0. The van der Waals surface area contributed by atoms with E-state index in [1.165, 1.54) is 25.7 Å². The number of alkyl halides is 1. The maximum Gasteiger partial charge on any atom is 0.0208 e. The van der Waals surface area contributed by atoms with Crippen LogP contribution in [0.2, 0.25) is 0 Å². The highest BCUT2D eigenvalue weighted by Crippen LogP contribution is 2.54. The van der Waals surface area contributed by atoms with E-state index in [-0.39, 0.29) is 0 Å². The molecule has 2 saturated carbocycles. The Morgan fingerprint density at radius 2 is 1.50 bits per heavy atom. The highest BCUT2D eigenvalue weighted by Gasteiger charge is 2.48. The molecule has 8 heavy (non-hydrogen) atoms. The van der Waals surface area contributed by atoms with Gasteiger partial charge in [0.25, 0.3) is 0 Å². The number of rotatable bonds is 0. The average Bonchev–Trinajstić information content (AvgIpc) is 2.46. The zero-order valence-corrected chi connectivity index (χ0v) is 6.52. The van der Waals surface area contributed by atoms with Crippen molar-refractivity contribution in [1.82, 2.24) is 0 Å². The second-order valence-electron chi connectivity index (χ2n) is 3.06. The summed E-state index contributed by atoms with van der Waals surface area (Å²) < 4.78 is 0. The topological polar surface area (TPSA) is 0 Å². The van der Waals surface area contributed by atoms with Crippen molar-refractivity contribution in [3.05, 3.63) is 0 Å². The first-order valence-corrected chi connectivity index (χ1v) is 4.45. The van der Waals surface area contributed by atoms with Crippen LogP contribution in [-0.4, -0.2) is 4.83 Å². The lowest BCUT2D eigenvalue weighted by Gasteiger charge is -2.04. The Morgan fingerprint density at radius 1 is 1.00 bits per heavy atom. The van der Waals surface area contributed by atoms with Gasteiger partial charge in [-0.15, -0.1) is 0 Å². The van der Waals surface area contributed by atoms with Crippen molar-refractivity contribution in [2.75, 3.05) is 0 Å². The van der Waals surface area contributed by atoms with E-state index in [1.54, 1.807) is 0 Å². The summed E-state index contributed by atoms with van der Waals surface area (Å²) in [4.78, 5) is 0.921. The molecule has 0 aromatic rings. The van der Waals surface area contributed by atoms with Crippen molar-refractivity contribution in [1.29, 1.82) is 0 Å². The summed E-state index contributed by atoms with van der Waals surface area (Å²) in [6.07, 6.45) is 5.98. The molecular weight excluding hydrogens is 164 g/mol. The Labute approximate surface area is 58.8 Å². The van der Waals surface area contributed by atoms with Gasteiger partial charge in [0.1, 0.15) is 0 Å². The molecule has 0 amide bonds. The first-order valence-electron chi connectivity index (χ1n) is 3.53. The van der Waals surface area contributed by atoms with Gasteiger partial charge in [0.15, 0.2) is 0 Å². The highest BCUT2D eigenvalue weighted by atomic mass is 79.9. The van der Waals surface area contributed by atoms with Gasteiger partial charge in [0.2, 0.25) is 0 Å². The Morgan fingerprint density at radius 3 is 1.88 bits per heavy atom. The standard InChI is InChI=1S/C7H11Br/c8-7-5-3-1-2-4-6(5)7/h5-7H,1-4H2/t5-,6-/m1/s1. The molecule has 2 rings (SSSR count). The molecular formula is C7H11Br. The van der Waals surface area contributed by atoms with Crippen LogP contribution in [0.3, 0.4) is 0 Å². The molecule has 1 heteroatoms. The molecule has 0 aromatic heterocycles. The molecule has 46 valence electrons. The van der Waals surface area contributed by atoms with Crippen molar-refractivity contribution in [3.8, 4) is 0 Å². The molecule has 0 heterocycles. The normalized spacial score (nSPS) is 52.9. The van der Waals surface area contributed by atoms with E-state index < -0.39 is 0 Å². The van der Waals surface area contributed by atoms with Crippen LogP contribution in [0.5, 0.6) is 0 Å². The van der Waals surface area contributed by atoms with E-state index in [9.17, 15) is 0 Å². The van der Waals surface area contributed by atoms with Gasteiger partial charge in [-0.2, -0.15) is 0 Å². The van der Waals surface area contributed by atoms with Crippen LogP contribution in [0.15, 0.2) is 0 Å². The molecule has 0 radical (unpaired) electrons. The van der Waals surface area contributed by atoms with Crippen LogP contribution in [0.1, 0.15) is 25.7 Å². The van der Waals surface area contributed by atoms with Gasteiger partial charge in [-0.25, -0.2) is 0 Å². The zero-order chi connectivity index (χ0) is 5.56. The predicted molar refractivity (Wildman–Crippen MR) is 38.2 cm³/mol. The molecule has 2 aliphatic carbocycles. The van der Waals surface area contributed by atoms with Crippen LogP contribution < -0.4 is 0 Å². The molecule has 0 spiro atoms. The quantitative estimate of drug-likeness (QED) is 0.496. The van der Waals surface area contributed by atoms with E-state index in [2.05, 4.69) is 15.9 Å². The maximum atomic E-state index is 3.68. The zero-order valence-electron chi connectivity index (χ0n) is 4.94. The second-order valence-corrected chi connectivity index (χ2v) is 4.11. The van der Waals surface area contributed by atoms with E-state index in [0.29, 0.717) is 0 Å². The Bertz CT molecular complexity index is 88.6. The van der Waals surface area contributed by atoms with Crippen LogP contribution >= 0.6 is 15.9 Å². The fourth-order valence-corrected chi connectivity index (χ4v) is 3.04. The SMILES string of the molecule is BrC1[C@@H]2CCCC[C@@H]12. The highest BCUT2D eigenvalue weighted by molar-refractivity contribution is 9.09. The van der Waals surface area contributed by atoms with Gasteiger partial charge in [-0.05, 0) is 24.7 Å². The second kappa shape index (κ2) is 1.73. The van der Waals surface area contributed by atoms with E-state index in [0.717, 1.165) is 16.7 Å². The van der Waals surface area contributed by atoms with E-state index >= 15 is 0 Å². The molecule has 2 atom stereocenters. The molecule has 2 aliphatic rings. The molecule has 0 nitrogen and oxygen atoms in total. The van der Waals surface area contributed by atoms with Crippen LogP contribution in [-0.2, 0) is 0 Å². The summed E-state index contributed by atoms with van der Waals surface area (Å²) in [5, 5.41) is 0. The first-order chi connectivity index (χ1) is 3.89. The van der Waals surface area contributed by atoms with Gasteiger partial charge in [-0.3, -0.25) is 0 Å². The van der Waals surface area contributed by atoms with Crippen molar-refractivity contribution in [3.63, 3.8) is 0 Å². The van der Waals surface area contributed by atoms with Gasteiger partial charge >= 0.3 is 0 Å². The van der Waals surface area contributed by atoms with Gasteiger partial charge in [0.05, 0.1) is 0 Å². The number of hydrogen-bond acceptors (Lipinski definition) is 0. The van der Waals surface area contributed by atoms with Gasteiger partial charge in [-0.1, -0.05) is 28.8 Å². The molecule has 0 aromatic carbocycles. The third-order valence-electron chi connectivity index (χ3n) is 2.55. The molecule has 0 N–H and O–H groups in total. The average molecular weight is 175 g/mol.